The van der Waals surface area contributed by atoms with Gasteiger partial charge >= 0.3 is 0 Å². The summed E-state index contributed by atoms with van der Waals surface area (Å²) in [6.07, 6.45) is -0.374. The standard InChI is InChI=1S/C10H20N2O2/c1-4-12(6-5-11)7-10(13)8-14-9(2)3/h9-10,13H,4,6-8H2,1-3H3. The maximum absolute atomic E-state index is 9.55. The predicted octanol–water partition coefficient (Wildman–Crippen LogP) is 0.618. The van der Waals surface area contributed by atoms with Gasteiger partial charge in [-0.1, -0.05) is 6.92 Å². The van der Waals surface area contributed by atoms with Gasteiger partial charge in [-0.05, 0) is 20.4 Å². The van der Waals surface area contributed by atoms with Crippen LogP contribution in [0.4, 0.5) is 0 Å². The molecule has 1 unspecified atom stereocenters. The monoisotopic (exact) mass is 200 g/mol. The minimum Gasteiger partial charge on any atom is -0.389 e. The summed E-state index contributed by atoms with van der Waals surface area (Å²) in [5.74, 6) is 0. The maximum atomic E-state index is 9.55. The van der Waals surface area contributed by atoms with E-state index in [2.05, 4.69) is 6.07 Å². The van der Waals surface area contributed by atoms with Crippen LogP contribution in [0.3, 0.4) is 0 Å². The van der Waals surface area contributed by atoms with Gasteiger partial charge in [-0.2, -0.15) is 5.26 Å². The Morgan fingerprint density at radius 2 is 2.14 bits per heavy atom. The van der Waals surface area contributed by atoms with Gasteiger partial charge in [-0.25, -0.2) is 0 Å². The molecule has 0 rings (SSSR count). The Morgan fingerprint density at radius 3 is 2.57 bits per heavy atom. The maximum Gasteiger partial charge on any atom is 0.0900 e. The molecule has 0 aliphatic carbocycles. The number of nitriles is 1. The SMILES string of the molecule is CCN(CC#N)CC(O)COC(C)C. The summed E-state index contributed by atoms with van der Waals surface area (Å²) in [7, 11) is 0. The Labute approximate surface area is 86.1 Å². The zero-order chi connectivity index (χ0) is 11.0. The molecule has 4 nitrogen and oxygen atoms in total. The molecule has 0 radical (unpaired) electrons. The van der Waals surface area contributed by atoms with Crippen LogP contribution in [0.25, 0.3) is 0 Å². The summed E-state index contributed by atoms with van der Waals surface area (Å²) in [5.41, 5.74) is 0. The van der Waals surface area contributed by atoms with Gasteiger partial charge in [0.2, 0.25) is 0 Å². The number of rotatable bonds is 7. The molecule has 0 fully saturated rings. The molecule has 0 heterocycles. The van der Waals surface area contributed by atoms with Crippen molar-refractivity contribution in [3.05, 3.63) is 0 Å². The van der Waals surface area contributed by atoms with E-state index in [-0.39, 0.29) is 6.10 Å². The fourth-order valence-corrected chi connectivity index (χ4v) is 1.06. The number of nitrogens with zero attached hydrogens (tertiary/aromatic N) is 2. The first-order valence-electron chi connectivity index (χ1n) is 4.99. The molecule has 14 heavy (non-hydrogen) atoms. The quantitative estimate of drug-likeness (QED) is 0.612. The minimum atomic E-state index is -0.509. The second kappa shape index (κ2) is 7.74. The average molecular weight is 200 g/mol. The average Bonchev–Trinajstić information content (AvgIpc) is 2.14. The van der Waals surface area contributed by atoms with Crippen molar-refractivity contribution < 1.29 is 9.84 Å². The van der Waals surface area contributed by atoms with E-state index in [1.54, 1.807) is 0 Å². The van der Waals surface area contributed by atoms with Crippen molar-refractivity contribution in [2.75, 3.05) is 26.2 Å². The summed E-state index contributed by atoms with van der Waals surface area (Å²) in [6.45, 7) is 7.78. The zero-order valence-corrected chi connectivity index (χ0v) is 9.23. The van der Waals surface area contributed by atoms with E-state index in [1.807, 2.05) is 25.7 Å². The van der Waals surface area contributed by atoms with Crippen molar-refractivity contribution in [3.63, 3.8) is 0 Å². The Bertz CT molecular complexity index is 177. The summed E-state index contributed by atoms with van der Waals surface area (Å²) < 4.78 is 5.27. The smallest absolute Gasteiger partial charge is 0.0900 e. The Kier molecular flexibility index (Phi) is 7.40. The first-order chi connectivity index (χ1) is 6.60. The van der Waals surface area contributed by atoms with Crippen molar-refractivity contribution in [1.82, 2.24) is 4.90 Å². The van der Waals surface area contributed by atoms with Crippen molar-refractivity contribution >= 4 is 0 Å². The molecule has 0 saturated carbocycles. The molecular weight excluding hydrogens is 180 g/mol. The predicted molar refractivity (Wildman–Crippen MR) is 54.8 cm³/mol. The minimum absolute atomic E-state index is 0.135. The Balaban J connectivity index is 3.68. The Morgan fingerprint density at radius 1 is 1.50 bits per heavy atom. The third-order valence-corrected chi connectivity index (χ3v) is 1.83. The van der Waals surface area contributed by atoms with E-state index >= 15 is 0 Å². The van der Waals surface area contributed by atoms with Gasteiger partial charge in [0.05, 0.1) is 31.4 Å². The van der Waals surface area contributed by atoms with Gasteiger partial charge in [-0.3, -0.25) is 4.90 Å². The van der Waals surface area contributed by atoms with Gasteiger partial charge in [0.25, 0.3) is 0 Å². The highest BCUT2D eigenvalue weighted by Crippen LogP contribution is 1.95. The van der Waals surface area contributed by atoms with Crippen LogP contribution >= 0.6 is 0 Å². The molecule has 0 amide bonds. The second-order valence-electron chi connectivity index (χ2n) is 3.52. The second-order valence-corrected chi connectivity index (χ2v) is 3.52. The molecule has 0 aromatic rings. The molecule has 82 valence electrons. The highest BCUT2D eigenvalue weighted by atomic mass is 16.5. The van der Waals surface area contributed by atoms with Crippen LogP contribution in [0.15, 0.2) is 0 Å². The molecule has 0 aromatic heterocycles. The summed E-state index contributed by atoms with van der Waals surface area (Å²) >= 11 is 0. The zero-order valence-electron chi connectivity index (χ0n) is 9.23. The molecule has 0 aliphatic heterocycles. The summed E-state index contributed by atoms with van der Waals surface area (Å²) in [6, 6.07) is 2.06. The van der Waals surface area contributed by atoms with E-state index in [9.17, 15) is 5.11 Å². The van der Waals surface area contributed by atoms with Crippen LogP contribution in [0.5, 0.6) is 0 Å². The first kappa shape index (κ1) is 13.4. The molecule has 0 spiro atoms. The topological polar surface area (TPSA) is 56.5 Å². The molecule has 4 heteroatoms. The number of aliphatic hydroxyl groups excluding tert-OH is 1. The third kappa shape index (κ3) is 6.84. The number of likely N-dealkylation sites (N-methyl/N-ethyl adjacent to an activating group) is 1. The van der Waals surface area contributed by atoms with E-state index in [1.165, 1.54) is 0 Å². The van der Waals surface area contributed by atoms with Gasteiger partial charge in [-0.15, -0.1) is 0 Å². The number of hydrogen-bond donors (Lipinski definition) is 1. The molecule has 0 aromatic carbocycles. The lowest BCUT2D eigenvalue weighted by atomic mass is 10.3. The van der Waals surface area contributed by atoms with E-state index in [0.717, 1.165) is 6.54 Å². The summed E-state index contributed by atoms with van der Waals surface area (Å²) in [5, 5.41) is 18.0. The van der Waals surface area contributed by atoms with Crippen molar-refractivity contribution in [2.45, 2.75) is 33.0 Å². The van der Waals surface area contributed by atoms with E-state index < -0.39 is 6.10 Å². The van der Waals surface area contributed by atoms with Crippen molar-refractivity contribution in [1.29, 1.82) is 5.26 Å². The van der Waals surface area contributed by atoms with Gasteiger partial charge in [0.15, 0.2) is 0 Å². The van der Waals surface area contributed by atoms with Gasteiger partial charge < -0.3 is 9.84 Å². The van der Waals surface area contributed by atoms with Crippen molar-refractivity contribution in [3.8, 4) is 6.07 Å². The van der Waals surface area contributed by atoms with E-state index in [0.29, 0.717) is 19.7 Å². The fourth-order valence-electron chi connectivity index (χ4n) is 1.06. The van der Waals surface area contributed by atoms with Crippen LogP contribution in [0.2, 0.25) is 0 Å². The van der Waals surface area contributed by atoms with Crippen LogP contribution in [0, 0.1) is 11.3 Å². The molecule has 0 aliphatic rings. The van der Waals surface area contributed by atoms with Crippen LogP contribution in [-0.2, 0) is 4.74 Å². The molecule has 0 saturated heterocycles. The Hall–Kier alpha value is -0.630. The largest absolute Gasteiger partial charge is 0.389 e. The lowest BCUT2D eigenvalue weighted by Gasteiger charge is -2.21. The van der Waals surface area contributed by atoms with Gasteiger partial charge in [0, 0.05) is 6.54 Å². The normalized spacial score (nSPS) is 13.2. The molecule has 0 bridgehead atoms. The third-order valence-electron chi connectivity index (χ3n) is 1.83. The number of hydrogen-bond acceptors (Lipinski definition) is 4. The van der Waals surface area contributed by atoms with Crippen LogP contribution in [0.1, 0.15) is 20.8 Å². The van der Waals surface area contributed by atoms with Crippen molar-refractivity contribution in [2.24, 2.45) is 0 Å². The molecular formula is C10H20N2O2. The van der Waals surface area contributed by atoms with Gasteiger partial charge in [0.1, 0.15) is 0 Å². The highest BCUT2D eigenvalue weighted by Gasteiger charge is 2.10. The number of ether oxygens (including phenoxy) is 1. The summed E-state index contributed by atoms with van der Waals surface area (Å²) in [4.78, 5) is 1.88. The van der Waals surface area contributed by atoms with Crippen LogP contribution < -0.4 is 0 Å². The fraction of sp³-hybridized carbons (Fsp3) is 0.900. The van der Waals surface area contributed by atoms with E-state index in [4.69, 9.17) is 10.00 Å². The molecule has 1 atom stereocenters. The highest BCUT2D eigenvalue weighted by molar-refractivity contribution is 4.77. The lowest BCUT2D eigenvalue weighted by molar-refractivity contribution is -0.00642. The first-order valence-corrected chi connectivity index (χ1v) is 4.99. The molecule has 1 N–H and O–H groups in total. The lowest BCUT2D eigenvalue weighted by Crippen LogP contribution is -2.35. The number of aliphatic hydroxyl groups is 1. The van der Waals surface area contributed by atoms with Crippen LogP contribution in [-0.4, -0.2) is 48.5 Å².